The molecule has 3 aromatic rings. The summed E-state index contributed by atoms with van der Waals surface area (Å²) in [6, 6.07) is 32.6. The Morgan fingerprint density at radius 1 is 0.811 bits per heavy atom. The molecule has 190 valence electrons. The van der Waals surface area contributed by atoms with Crippen molar-refractivity contribution in [1.82, 2.24) is 4.90 Å². The maximum Gasteiger partial charge on any atom is 0.328 e. The van der Waals surface area contributed by atoms with Gasteiger partial charge in [0.15, 0.2) is 0 Å². The minimum Gasteiger partial charge on any atom is -0.478 e. The summed E-state index contributed by atoms with van der Waals surface area (Å²) in [4.78, 5) is 29.6. The first kappa shape index (κ1) is 26.6. The van der Waals surface area contributed by atoms with Crippen LogP contribution in [0.5, 0.6) is 0 Å². The highest BCUT2D eigenvalue weighted by Crippen LogP contribution is 2.53. The summed E-state index contributed by atoms with van der Waals surface area (Å²) in [6.45, 7) is 2.10. The molecule has 0 bridgehead atoms. The van der Waals surface area contributed by atoms with E-state index in [1.807, 2.05) is 23.5 Å². The number of aliphatic carboxylic acids is 2. The van der Waals surface area contributed by atoms with Gasteiger partial charge in [-0.15, -0.1) is 0 Å². The molecule has 5 rings (SSSR count). The van der Waals surface area contributed by atoms with Crippen LogP contribution in [0.25, 0.3) is 0 Å². The molecule has 2 aliphatic heterocycles. The number of carboxylic acids is 2. The number of hydrogen-bond acceptors (Lipinski definition) is 6. The van der Waals surface area contributed by atoms with Crippen LogP contribution in [0, 0.1) is 0 Å². The van der Waals surface area contributed by atoms with Crippen LogP contribution in [0.1, 0.15) is 24.4 Å². The van der Waals surface area contributed by atoms with E-state index in [-0.39, 0.29) is 10.1 Å². The van der Waals surface area contributed by atoms with Crippen molar-refractivity contribution in [2.75, 3.05) is 13.1 Å². The molecule has 1 unspecified atom stereocenters. The highest BCUT2D eigenvalue weighted by atomic mass is 32.2. The van der Waals surface area contributed by atoms with Crippen LogP contribution in [-0.4, -0.2) is 50.1 Å². The number of carboxylic acid groups (broad SMARTS) is 2. The first-order chi connectivity index (χ1) is 17.9. The minimum atomic E-state index is -1.26. The van der Waals surface area contributed by atoms with E-state index in [1.54, 1.807) is 0 Å². The first-order valence-electron chi connectivity index (χ1n) is 12.0. The normalized spacial score (nSPS) is 17.9. The van der Waals surface area contributed by atoms with Crippen molar-refractivity contribution >= 4 is 41.3 Å². The van der Waals surface area contributed by atoms with E-state index in [0.717, 1.165) is 19.5 Å². The zero-order valence-corrected chi connectivity index (χ0v) is 21.8. The van der Waals surface area contributed by atoms with Crippen molar-refractivity contribution in [3.05, 3.63) is 109 Å². The molecule has 0 spiro atoms. The number of amidine groups is 1. The molecule has 2 N–H and O–H groups in total. The molecule has 8 heteroatoms. The van der Waals surface area contributed by atoms with Crippen LogP contribution in [-0.2, 0) is 9.59 Å². The Labute approximate surface area is 225 Å². The van der Waals surface area contributed by atoms with E-state index in [9.17, 15) is 9.59 Å². The number of aliphatic imine (C=N–C) groups is 1. The SMILES string of the molecule is O=C(O)/C=C/C(=O)O.c1ccc(SC2(Sc3ccccc3)CCCN3CC(c4ccccc4)N=C32)cc1. The van der Waals surface area contributed by atoms with Crippen LogP contribution < -0.4 is 0 Å². The second-order valence-electron chi connectivity index (χ2n) is 8.52. The third-order valence-corrected chi connectivity index (χ3v) is 8.80. The topological polar surface area (TPSA) is 90.2 Å². The quantitative estimate of drug-likeness (QED) is 0.275. The van der Waals surface area contributed by atoms with Gasteiger partial charge in [0.2, 0.25) is 0 Å². The van der Waals surface area contributed by atoms with E-state index < -0.39 is 11.9 Å². The van der Waals surface area contributed by atoms with Crippen LogP contribution in [0.15, 0.2) is 118 Å². The average molecular weight is 533 g/mol. The van der Waals surface area contributed by atoms with Gasteiger partial charge >= 0.3 is 11.9 Å². The Hall–Kier alpha value is -3.49. The number of nitrogens with zero attached hydrogens (tertiary/aromatic N) is 2. The zero-order valence-electron chi connectivity index (χ0n) is 20.1. The number of carbonyl (C=O) groups is 2. The van der Waals surface area contributed by atoms with Crippen LogP contribution >= 0.6 is 23.5 Å². The third kappa shape index (κ3) is 7.27. The Morgan fingerprint density at radius 2 is 1.30 bits per heavy atom. The molecule has 37 heavy (non-hydrogen) atoms. The van der Waals surface area contributed by atoms with Crippen molar-refractivity contribution in [3.63, 3.8) is 0 Å². The number of piperidine rings is 1. The monoisotopic (exact) mass is 532 g/mol. The van der Waals surface area contributed by atoms with Crippen LogP contribution in [0.4, 0.5) is 0 Å². The molecule has 0 amide bonds. The second-order valence-corrected chi connectivity index (χ2v) is 11.5. The molecule has 3 aromatic carbocycles. The van der Waals surface area contributed by atoms with E-state index in [1.165, 1.54) is 27.6 Å². The van der Waals surface area contributed by atoms with Gasteiger partial charge in [-0.05, 0) is 42.7 Å². The van der Waals surface area contributed by atoms with Crippen molar-refractivity contribution in [2.24, 2.45) is 4.99 Å². The van der Waals surface area contributed by atoms with Gasteiger partial charge in [-0.2, -0.15) is 0 Å². The Kier molecular flexibility index (Phi) is 9.09. The molecule has 0 aliphatic carbocycles. The Balaban J connectivity index is 0.000000349. The molecule has 0 aromatic heterocycles. The Bertz CT molecular complexity index is 1190. The van der Waals surface area contributed by atoms with Crippen LogP contribution in [0.3, 0.4) is 0 Å². The number of rotatable bonds is 7. The van der Waals surface area contributed by atoms with Crippen LogP contribution in [0.2, 0.25) is 0 Å². The van der Waals surface area contributed by atoms with Gasteiger partial charge in [0.05, 0.1) is 6.04 Å². The molecule has 1 atom stereocenters. The number of benzene rings is 3. The number of fused-ring (bicyclic) bond motifs is 1. The maximum atomic E-state index is 9.55. The van der Waals surface area contributed by atoms with Crippen molar-refractivity contribution in [2.45, 2.75) is 32.8 Å². The Morgan fingerprint density at radius 3 is 1.78 bits per heavy atom. The summed E-state index contributed by atoms with van der Waals surface area (Å²) in [5.74, 6) is -1.25. The van der Waals surface area contributed by atoms with Gasteiger partial charge in [-0.3, -0.25) is 4.99 Å². The van der Waals surface area contributed by atoms with Crippen molar-refractivity contribution in [3.8, 4) is 0 Å². The summed E-state index contributed by atoms with van der Waals surface area (Å²) in [7, 11) is 0. The largest absolute Gasteiger partial charge is 0.478 e. The van der Waals surface area contributed by atoms with Gasteiger partial charge in [-0.25, -0.2) is 9.59 Å². The van der Waals surface area contributed by atoms with Gasteiger partial charge < -0.3 is 15.1 Å². The summed E-state index contributed by atoms with van der Waals surface area (Å²) in [5, 5.41) is 15.6. The minimum absolute atomic E-state index is 0.0928. The highest BCUT2D eigenvalue weighted by molar-refractivity contribution is 8.19. The van der Waals surface area contributed by atoms with E-state index >= 15 is 0 Å². The zero-order chi connectivity index (χ0) is 26.1. The summed E-state index contributed by atoms with van der Waals surface area (Å²) < 4.78 is -0.0928. The second kappa shape index (κ2) is 12.7. The highest BCUT2D eigenvalue weighted by Gasteiger charge is 2.47. The van der Waals surface area contributed by atoms with Gasteiger partial charge in [0, 0.05) is 35.0 Å². The first-order valence-corrected chi connectivity index (χ1v) is 13.6. The standard InChI is InChI=1S/C25H24N2S2.C4H4O4/c1-4-11-20(12-5-1)23-19-27-18-10-17-25(24(27)26-23,28-21-13-6-2-7-14-21)29-22-15-8-3-9-16-22;5-3(6)1-2-4(7)8/h1-9,11-16,23H,10,17-19H2;1-2H,(H,5,6)(H,7,8)/b;2-1+. The maximum absolute atomic E-state index is 9.55. The number of thioether (sulfide) groups is 2. The van der Waals surface area contributed by atoms with Gasteiger partial charge in [0.25, 0.3) is 0 Å². The van der Waals surface area contributed by atoms with Crippen molar-refractivity contribution < 1.29 is 19.8 Å². The molecule has 2 aliphatic rings. The fourth-order valence-electron chi connectivity index (χ4n) is 4.29. The van der Waals surface area contributed by atoms with E-state index in [4.69, 9.17) is 15.2 Å². The molecule has 6 nitrogen and oxygen atoms in total. The lowest BCUT2D eigenvalue weighted by Gasteiger charge is -2.41. The molecule has 1 fully saturated rings. The fraction of sp³-hybridized carbons (Fsp3) is 0.207. The summed E-state index contributed by atoms with van der Waals surface area (Å²) in [6.07, 6.45) is 3.44. The predicted octanol–water partition coefficient (Wildman–Crippen LogP) is 6.23. The smallest absolute Gasteiger partial charge is 0.328 e. The predicted molar refractivity (Wildman–Crippen MR) is 149 cm³/mol. The van der Waals surface area contributed by atoms with E-state index in [0.29, 0.717) is 12.2 Å². The third-order valence-electron chi connectivity index (χ3n) is 5.85. The average Bonchev–Trinajstić information content (AvgIpc) is 3.36. The van der Waals surface area contributed by atoms with Gasteiger partial charge in [-0.1, -0.05) is 90.3 Å². The molecule has 1 saturated heterocycles. The molecular formula is C29H28N2O4S2. The van der Waals surface area contributed by atoms with Crippen molar-refractivity contribution in [1.29, 1.82) is 0 Å². The molecule has 0 radical (unpaired) electrons. The van der Waals surface area contributed by atoms with Gasteiger partial charge in [0.1, 0.15) is 9.91 Å². The lowest BCUT2D eigenvalue weighted by Crippen LogP contribution is -2.47. The molecule has 2 heterocycles. The molecule has 0 saturated carbocycles. The summed E-state index contributed by atoms with van der Waals surface area (Å²) >= 11 is 3.94. The van der Waals surface area contributed by atoms with E-state index in [2.05, 4.69) is 95.9 Å². The summed E-state index contributed by atoms with van der Waals surface area (Å²) in [5.41, 5.74) is 1.32. The fourth-order valence-corrected chi connectivity index (χ4v) is 7.42. The number of hydrogen-bond donors (Lipinski definition) is 2. The lowest BCUT2D eigenvalue weighted by molar-refractivity contribution is -0.134. The molecular weight excluding hydrogens is 504 g/mol. The lowest BCUT2D eigenvalue weighted by atomic mass is 10.1.